The fourth-order valence-electron chi connectivity index (χ4n) is 4.23. The van der Waals surface area contributed by atoms with Gasteiger partial charge in [0.05, 0.1) is 6.04 Å². The first-order chi connectivity index (χ1) is 16.1. The van der Waals surface area contributed by atoms with E-state index in [4.69, 9.17) is 5.73 Å². The minimum atomic E-state index is -0.0391. The second kappa shape index (κ2) is 14.4. The highest BCUT2D eigenvalue weighted by Gasteiger charge is 2.28. The van der Waals surface area contributed by atoms with Crippen molar-refractivity contribution in [2.75, 3.05) is 13.1 Å². The van der Waals surface area contributed by atoms with Crippen LogP contribution in [0.15, 0.2) is 90.8 Å². The zero-order valence-electron chi connectivity index (χ0n) is 20.4. The van der Waals surface area contributed by atoms with Gasteiger partial charge < -0.3 is 5.73 Å². The second-order valence-electron chi connectivity index (χ2n) is 8.27. The molecule has 0 saturated heterocycles. The molecule has 2 aromatic rings. The fraction of sp³-hybridized carbons (Fsp3) is 0.379. The Kier molecular flexibility index (Phi) is 11.5. The Morgan fingerprint density at radius 1 is 1.18 bits per heavy atom. The number of hydrogen-bond donors (Lipinski definition) is 1. The highest BCUT2D eigenvalue weighted by Crippen LogP contribution is 2.33. The van der Waals surface area contributed by atoms with Crippen LogP contribution in [0, 0.1) is 0 Å². The lowest BCUT2D eigenvalue weighted by molar-refractivity contribution is 0.102. The van der Waals surface area contributed by atoms with E-state index < -0.39 is 0 Å². The molecule has 2 atom stereocenters. The van der Waals surface area contributed by atoms with Crippen LogP contribution in [0.3, 0.4) is 0 Å². The molecule has 0 aliphatic carbocycles. The van der Waals surface area contributed by atoms with Gasteiger partial charge in [-0.25, -0.2) is 0 Å². The summed E-state index contributed by atoms with van der Waals surface area (Å²) in [7, 11) is 0. The number of benzene rings is 1. The third-order valence-electron chi connectivity index (χ3n) is 5.96. The van der Waals surface area contributed by atoms with Crippen LogP contribution in [0.1, 0.15) is 68.4 Å². The predicted molar refractivity (Wildman–Crippen MR) is 139 cm³/mol. The van der Waals surface area contributed by atoms with Crippen LogP contribution in [-0.4, -0.2) is 34.8 Å². The number of allylic oxidation sites excluding steroid dienone is 4. The molecule has 0 bridgehead atoms. The lowest BCUT2D eigenvalue weighted by Gasteiger charge is -2.39. The quantitative estimate of drug-likeness (QED) is 0.211. The molecule has 4 heteroatoms. The van der Waals surface area contributed by atoms with Gasteiger partial charge in [-0.2, -0.15) is 0 Å². The molecule has 33 heavy (non-hydrogen) atoms. The third-order valence-corrected chi connectivity index (χ3v) is 5.96. The van der Waals surface area contributed by atoms with Gasteiger partial charge in [0.25, 0.3) is 0 Å². The molecule has 4 nitrogen and oxygen atoms in total. The largest absolute Gasteiger partial charge is 0.329 e. The van der Waals surface area contributed by atoms with Crippen molar-refractivity contribution in [1.82, 2.24) is 9.88 Å². The number of rotatable bonds is 14. The van der Waals surface area contributed by atoms with Crippen molar-refractivity contribution in [3.63, 3.8) is 0 Å². The molecule has 0 radical (unpaired) electrons. The van der Waals surface area contributed by atoms with E-state index in [2.05, 4.69) is 78.9 Å². The van der Waals surface area contributed by atoms with E-state index in [1.165, 1.54) is 11.1 Å². The van der Waals surface area contributed by atoms with Gasteiger partial charge in [-0.3, -0.25) is 14.7 Å². The molecular formula is C29H39N3O. The number of hydrogen-bond acceptors (Lipinski definition) is 4. The zero-order valence-corrected chi connectivity index (χ0v) is 20.4. The van der Waals surface area contributed by atoms with E-state index in [0.29, 0.717) is 24.1 Å². The van der Waals surface area contributed by atoms with E-state index >= 15 is 0 Å². The summed E-state index contributed by atoms with van der Waals surface area (Å²) >= 11 is 0. The van der Waals surface area contributed by atoms with Gasteiger partial charge in [0.1, 0.15) is 0 Å². The van der Waals surface area contributed by atoms with Gasteiger partial charge in [0.15, 0.2) is 5.78 Å². The van der Waals surface area contributed by atoms with Crippen LogP contribution in [0.25, 0.3) is 0 Å². The van der Waals surface area contributed by atoms with Crippen molar-refractivity contribution in [1.29, 1.82) is 0 Å². The van der Waals surface area contributed by atoms with Gasteiger partial charge >= 0.3 is 0 Å². The van der Waals surface area contributed by atoms with Gasteiger partial charge in [-0.05, 0) is 68.0 Å². The molecule has 1 aromatic carbocycles. The average Bonchev–Trinajstić information content (AvgIpc) is 2.87. The number of carbonyl (C=O) groups is 1. The SMILES string of the molecule is C=C(CCC(CN)N(CCC)C(/C(=C/C=C\C)CC)c1ccccc1)C(=O)c1cccnc1. The molecule has 2 unspecified atom stereocenters. The van der Waals surface area contributed by atoms with E-state index in [-0.39, 0.29) is 17.9 Å². The summed E-state index contributed by atoms with van der Waals surface area (Å²) in [5.74, 6) is -0.0391. The Bertz CT molecular complexity index is 918. The van der Waals surface area contributed by atoms with Crippen molar-refractivity contribution in [2.45, 2.75) is 58.5 Å². The van der Waals surface area contributed by atoms with Crippen molar-refractivity contribution >= 4 is 5.78 Å². The zero-order chi connectivity index (χ0) is 24.1. The first-order valence-corrected chi connectivity index (χ1v) is 12.0. The number of nitrogens with zero attached hydrogens (tertiary/aromatic N) is 2. The summed E-state index contributed by atoms with van der Waals surface area (Å²) < 4.78 is 0. The maximum atomic E-state index is 12.8. The molecule has 0 aliphatic heterocycles. The van der Waals surface area contributed by atoms with Crippen LogP contribution < -0.4 is 5.73 Å². The van der Waals surface area contributed by atoms with Crippen LogP contribution in [0.2, 0.25) is 0 Å². The molecule has 0 amide bonds. The summed E-state index contributed by atoms with van der Waals surface area (Å²) in [6.45, 7) is 12.0. The molecule has 1 heterocycles. The number of aromatic nitrogens is 1. The second-order valence-corrected chi connectivity index (χ2v) is 8.27. The van der Waals surface area contributed by atoms with Crippen molar-refractivity contribution < 1.29 is 4.79 Å². The predicted octanol–water partition coefficient (Wildman–Crippen LogP) is 6.29. The van der Waals surface area contributed by atoms with Crippen molar-refractivity contribution in [3.05, 3.63) is 102 Å². The first kappa shape index (κ1) is 26.4. The Morgan fingerprint density at radius 3 is 2.52 bits per heavy atom. The molecular weight excluding hydrogens is 406 g/mol. The topological polar surface area (TPSA) is 59.2 Å². The summed E-state index contributed by atoms with van der Waals surface area (Å²) in [6, 6.07) is 14.5. The molecule has 0 fully saturated rings. The monoisotopic (exact) mass is 445 g/mol. The Labute approximate surface area is 199 Å². The Balaban J connectivity index is 2.31. The van der Waals surface area contributed by atoms with Gasteiger partial charge in [0, 0.05) is 30.5 Å². The van der Waals surface area contributed by atoms with E-state index in [9.17, 15) is 4.79 Å². The van der Waals surface area contributed by atoms with Crippen molar-refractivity contribution in [3.8, 4) is 0 Å². The van der Waals surface area contributed by atoms with Gasteiger partial charge in [-0.1, -0.05) is 69.0 Å². The highest BCUT2D eigenvalue weighted by atomic mass is 16.1. The number of Topliss-reactive ketones (excluding diaryl/α,β-unsaturated/α-hetero) is 1. The molecule has 0 spiro atoms. The molecule has 1 aromatic heterocycles. The standard InChI is InChI=1S/C29H39N3O/c1-5-8-13-24(7-3)28(25-14-10-9-11-15-25)32(20-6-2)27(21-30)18-17-23(4)29(33)26-16-12-19-31-22-26/h5,8-16,19,22,27-28H,4,6-7,17-18,20-21,30H2,1-3H3/b8-5-,24-13+. The lowest BCUT2D eigenvalue weighted by atomic mass is 9.91. The summed E-state index contributed by atoms with van der Waals surface area (Å²) in [5.41, 5.74) is 10.2. The third kappa shape index (κ3) is 7.62. The van der Waals surface area contributed by atoms with E-state index in [1.54, 1.807) is 24.5 Å². The molecule has 0 saturated carbocycles. The van der Waals surface area contributed by atoms with E-state index in [1.807, 2.05) is 6.92 Å². The minimum Gasteiger partial charge on any atom is -0.329 e. The highest BCUT2D eigenvalue weighted by molar-refractivity contribution is 6.08. The van der Waals surface area contributed by atoms with Crippen LogP contribution >= 0.6 is 0 Å². The van der Waals surface area contributed by atoms with Crippen LogP contribution in [0.4, 0.5) is 0 Å². The van der Waals surface area contributed by atoms with Gasteiger partial charge in [-0.15, -0.1) is 0 Å². The smallest absolute Gasteiger partial charge is 0.189 e. The first-order valence-electron chi connectivity index (χ1n) is 12.0. The molecule has 176 valence electrons. The Hall–Kier alpha value is -2.82. The average molecular weight is 446 g/mol. The maximum Gasteiger partial charge on any atom is 0.189 e. The summed E-state index contributed by atoms with van der Waals surface area (Å²) in [6.07, 6.45) is 13.1. The Morgan fingerprint density at radius 2 is 1.94 bits per heavy atom. The summed E-state index contributed by atoms with van der Waals surface area (Å²) in [4.78, 5) is 19.4. The number of pyridine rings is 1. The molecule has 2 rings (SSSR count). The lowest BCUT2D eigenvalue weighted by Crippen LogP contribution is -2.44. The molecule has 0 aliphatic rings. The summed E-state index contributed by atoms with van der Waals surface area (Å²) in [5, 5.41) is 0. The fourth-order valence-corrected chi connectivity index (χ4v) is 4.23. The van der Waals surface area contributed by atoms with Gasteiger partial charge in [0.2, 0.25) is 0 Å². The van der Waals surface area contributed by atoms with Crippen LogP contribution in [0.5, 0.6) is 0 Å². The van der Waals surface area contributed by atoms with Crippen LogP contribution in [-0.2, 0) is 0 Å². The molecule has 2 N–H and O–H groups in total. The van der Waals surface area contributed by atoms with E-state index in [0.717, 1.165) is 25.8 Å². The number of ketones is 1. The minimum absolute atomic E-state index is 0.0391. The maximum absolute atomic E-state index is 12.8. The van der Waals surface area contributed by atoms with Crippen molar-refractivity contribution in [2.24, 2.45) is 5.73 Å². The number of carbonyl (C=O) groups excluding carboxylic acids is 1. The number of nitrogens with two attached hydrogens (primary N) is 1. The normalized spacial score (nSPS) is 13.9.